The predicted molar refractivity (Wildman–Crippen MR) is 87.4 cm³/mol. The number of anilines is 1. The van der Waals surface area contributed by atoms with Crippen LogP contribution in [0.5, 0.6) is 0 Å². The summed E-state index contributed by atoms with van der Waals surface area (Å²) in [6.07, 6.45) is 0.0745. The van der Waals surface area contributed by atoms with Crippen LogP contribution < -0.4 is 5.32 Å². The number of hydrogen-bond acceptors (Lipinski definition) is 5. The van der Waals surface area contributed by atoms with Gasteiger partial charge in [0.2, 0.25) is 5.91 Å². The Morgan fingerprint density at radius 2 is 1.92 bits per heavy atom. The summed E-state index contributed by atoms with van der Waals surface area (Å²) in [5.74, 6) is -1.59. The Labute approximate surface area is 136 Å². The van der Waals surface area contributed by atoms with Crippen LogP contribution in [0.3, 0.4) is 0 Å². The molecule has 24 heavy (non-hydrogen) atoms. The van der Waals surface area contributed by atoms with Crippen LogP contribution >= 0.6 is 0 Å². The molecule has 0 fully saturated rings. The zero-order chi connectivity index (χ0) is 17.1. The first kappa shape index (κ1) is 15.6. The van der Waals surface area contributed by atoms with Gasteiger partial charge in [-0.25, -0.2) is 9.97 Å². The SMILES string of the molecule is CCc1nc2ccccc2nc1-c1cc(NC(=O)CC(=O)O)n[nH]1. The number of rotatable bonds is 5. The van der Waals surface area contributed by atoms with E-state index in [9.17, 15) is 9.59 Å². The molecule has 8 heteroatoms. The largest absolute Gasteiger partial charge is 0.481 e. The molecule has 3 rings (SSSR count). The second kappa shape index (κ2) is 6.45. The fraction of sp³-hybridized carbons (Fsp3) is 0.188. The lowest BCUT2D eigenvalue weighted by Gasteiger charge is -2.06. The number of aryl methyl sites for hydroxylation is 1. The Kier molecular flexibility index (Phi) is 4.19. The van der Waals surface area contributed by atoms with Crippen molar-refractivity contribution in [2.45, 2.75) is 19.8 Å². The highest BCUT2D eigenvalue weighted by Gasteiger charge is 2.14. The van der Waals surface area contributed by atoms with Gasteiger partial charge in [0.25, 0.3) is 0 Å². The average Bonchev–Trinajstić information content (AvgIpc) is 3.00. The van der Waals surface area contributed by atoms with Gasteiger partial charge in [-0.1, -0.05) is 19.1 Å². The fourth-order valence-corrected chi connectivity index (χ4v) is 2.33. The van der Waals surface area contributed by atoms with Gasteiger partial charge >= 0.3 is 5.97 Å². The van der Waals surface area contributed by atoms with Crippen molar-refractivity contribution in [2.24, 2.45) is 0 Å². The van der Waals surface area contributed by atoms with E-state index in [0.717, 1.165) is 16.7 Å². The maximum absolute atomic E-state index is 11.5. The van der Waals surface area contributed by atoms with Crippen LogP contribution in [0.25, 0.3) is 22.4 Å². The molecule has 3 aromatic rings. The lowest BCUT2D eigenvalue weighted by Crippen LogP contribution is -2.16. The minimum atomic E-state index is -1.20. The maximum atomic E-state index is 11.5. The Bertz CT molecular complexity index is 919. The molecule has 8 nitrogen and oxygen atoms in total. The molecular formula is C16H15N5O3. The van der Waals surface area contributed by atoms with Crippen molar-refractivity contribution in [1.82, 2.24) is 20.2 Å². The number of aromatic nitrogens is 4. The van der Waals surface area contributed by atoms with Gasteiger partial charge in [-0.2, -0.15) is 5.10 Å². The normalized spacial score (nSPS) is 10.7. The summed E-state index contributed by atoms with van der Waals surface area (Å²) >= 11 is 0. The number of carboxylic acids is 1. The molecule has 2 heterocycles. The van der Waals surface area contributed by atoms with E-state index in [0.29, 0.717) is 17.8 Å². The van der Waals surface area contributed by atoms with E-state index < -0.39 is 18.3 Å². The molecule has 0 radical (unpaired) electrons. The predicted octanol–water partition coefficient (Wildman–Crippen LogP) is 2.00. The van der Waals surface area contributed by atoms with Gasteiger partial charge in [-0.3, -0.25) is 14.7 Å². The molecule has 0 bridgehead atoms. The van der Waals surface area contributed by atoms with Crippen molar-refractivity contribution in [1.29, 1.82) is 0 Å². The van der Waals surface area contributed by atoms with Gasteiger partial charge in [-0.15, -0.1) is 0 Å². The monoisotopic (exact) mass is 325 g/mol. The van der Waals surface area contributed by atoms with Crippen LogP contribution in [0.1, 0.15) is 19.0 Å². The lowest BCUT2D eigenvalue weighted by molar-refractivity contribution is -0.139. The minimum Gasteiger partial charge on any atom is -0.481 e. The number of carbonyl (C=O) groups is 2. The van der Waals surface area contributed by atoms with Gasteiger partial charge in [-0.05, 0) is 18.6 Å². The van der Waals surface area contributed by atoms with Gasteiger partial charge in [0.15, 0.2) is 5.82 Å². The molecule has 122 valence electrons. The van der Waals surface area contributed by atoms with Crippen molar-refractivity contribution in [3.05, 3.63) is 36.0 Å². The molecule has 0 aliphatic carbocycles. The highest BCUT2D eigenvalue weighted by atomic mass is 16.4. The fourth-order valence-electron chi connectivity index (χ4n) is 2.33. The van der Waals surface area contributed by atoms with Crippen molar-refractivity contribution in [3.8, 4) is 11.4 Å². The van der Waals surface area contributed by atoms with Gasteiger partial charge in [0.05, 0.1) is 22.4 Å². The average molecular weight is 325 g/mol. The van der Waals surface area contributed by atoms with E-state index in [1.807, 2.05) is 31.2 Å². The number of aromatic amines is 1. The molecule has 0 saturated carbocycles. The number of carboxylic acid groups (broad SMARTS) is 1. The number of nitrogens with one attached hydrogen (secondary N) is 2. The summed E-state index contributed by atoms with van der Waals surface area (Å²) in [6.45, 7) is 1.98. The summed E-state index contributed by atoms with van der Waals surface area (Å²) in [4.78, 5) is 31.2. The molecule has 0 unspecified atom stereocenters. The van der Waals surface area contributed by atoms with Gasteiger partial charge < -0.3 is 10.4 Å². The van der Waals surface area contributed by atoms with E-state index in [4.69, 9.17) is 5.11 Å². The Morgan fingerprint density at radius 1 is 1.21 bits per heavy atom. The number of nitrogens with zero attached hydrogens (tertiary/aromatic N) is 3. The first-order chi connectivity index (χ1) is 11.6. The molecule has 0 saturated heterocycles. The standard InChI is InChI=1S/C16H15N5O3/c1-2-9-16(18-11-6-4-3-5-10(11)17-9)12-7-13(21-20-12)19-14(22)8-15(23)24/h3-7H,2,8H2,1H3,(H,23,24)(H2,19,20,21,22). The quantitative estimate of drug-likeness (QED) is 0.617. The van der Waals surface area contributed by atoms with Crippen LogP contribution in [0.4, 0.5) is 5.82 Å². The molecule has 2 aromatic heterocycles. The number of carbonyl (C=O) groups excluding carboxylic acids is 1. The summed E-state index contributed by atoms with van der Waals surface area (Å²) in [5, 5.41) is 17.8. The van der Waals surface area contributed by atoms with Crippen molar-refractivity contribution >= 4 is 28.7 Å². The number of hydrogen-bond donors (Lipinski definition) is 3. The van der Waals surface area contributed by atoms with Gasteiger partial charge in [0, 0.05) is 6.07 Å². The molecule has 0 aliphatic rings. The number of para-hydroxylation sites is 2. The van der Waals surface area contributed by atoms with Crippen molar-refractivity contribution < 1.29 is 14.7 Å². The minimum absolute atomic E-state index is 0.244. The third-order valence-electron chi connectivity index (χ3n) is 3.39. The highest BCUT2D eigenvalue weighted by molar-refractivity contribution is 6.01. The Hall–Kier alpha value is -3.29. The number of amides is 1. The summed E-state index contributed by atoms with van der Waals surface area (Å²) in [5.41, 5.74) is 3.64. The zero-order valence-corrected chi connectivity index (χ0v) is 12.9. The van der Waals surface area contributed by atoms with E-state index in [2.05, 4.69) is 25.5 Å². The molecule has 1 amide bonds. The van der Waals surface area contributed by atoms with E-state index >= 15 is 0 Å². The van der Waals surface area contributed by atoms with Gasteiger partial charge in [0.1, 0.15) is 12.1 Å². The molecule has 3 N–H and O–H groups in total. The third kappa shape index (κ3) is 3.22. The van der Waals surface area contributed by atoms with Crippen LogP contribution in [-0.2, 0) is 16.0 Å². The first-order valence-corrected chi connectivity index (χ1v) is 7.40. The molecule has 1 aromatic carbocycles. The summed E-state index contributed by atoms with van der Waals surface area (Å²) < 4.78 is 0. The molecule has 0 atom stereocenters. The van der Waals surface area contributed by atoms with Crippen LogP contribution in [-0.4, -0.2) is 37.1 Å². The van der Waals surface area contributed by atoms with Crippen molar-refractivity contribution in [3.63, 3.8) is 0 Å². The molecule has 0 aliphatic heterocycles. The van der Waals surface area contributed by atoms with Crippen LogP contribution in [0, 0.1) is 0 Å². The summed E-state index contributed by atoms with van der Waals surface area (Å²) in [6, 6.07) is 9.17. The number of aliphatic carboxylic acids is 1. The van der Waals surface area contributed by atoms with E-state index in [-0.39, 0.29) is 5.82 Å². The zero-order valence-electron chi connectivity index (χ0n) is 12.9. The topological polar surface area (TPSA) is 121 Å². The third-order valence-corrected chi connectivity index (χ3v) is 3.39. The number of H-pyrrole nitrogens is 1. The van der Waals surface area contributed by atoms with E-state index in [1.165, 1.54) is 0 Å². The number of benzene rings is 1. The smallest absolute Gasteiger partial charge is 0.312 e. The summed E-state index contributed by atoms with van der Waals surface area (Å²) in [7, 11) is 0. The van der Waals surface area contributed by atoms with Crippen LogP contribution in [0.15, 0.2) is 30.3 Å². The van der Waals surface area contributed by atoms with Crippen molar-refractivity contribution in [2.75, 3.05) is 5.32 Å². The lowest BCUT2D eigenvalue weighted by atomic mass is 10.1. The highest BCUT2D eigenvalue weighted by Crippen LogP contribution is 2.24. The Balaban J connectivity index is 1.93. The molecular weight excluding hydrogens is 310 g/mol. The first-order valence-electron chi connectivity index (χ1n) is 7.40. The Morgan fingerprint density at radius 3 is 2.58 bits per heavy atom. The van der Waals surface area contributed by atoms with Crippen LogP contribution in [0.2, 0.25) is 0 Å². The maximum Gasteiger partial charge on any atom is 0.312 e. The second-order valence-corrected chi connectivity index (χ2v) is 5.15. The van der Waals surface area contributed by atoms with E-state index in [1.54, 1.807) is 6.07 Å². The number of fused-ring (bicyclic) bond motifs is 1. The molecule has 0 spiro atoms. The second-order valence-electron chi connectivity index (χ2n) is 5.15.